The highest BCUT2D eigenvalue weighted by Gasteiger charge is 2.67. The number of halogens is 1. The quantitative estimate of drug-likeness (QED) is 0.367. The number of hydrogen-bond acceptors (Lipinski definition) is 6. The molecule has 44 heavy (non-hydrogen) atoms. The lowest BCUT2D eigenvalue weighted by molar-refractivity contribution is -0.178. The van der Waals surface area contributed by atoms with E-state index in [4.69, 9.17) is 5.11 Å². The predicted molar refractivity (Wildman–Crippen MR) is 163 cm³/mol. The number of carboxylic acids is 1. The summed E-state index contributed by atoms with van der Waals surface area (Å²) in [7, 11) is 0. The molecule has 234 valence electrons. The van der Waals surface area contributed by atoms with Gasteiger partial charge < -0.3 is 20.4 Å². The fourth-order valence-corrected chi connectivity index (χ4v) is 8.71. The molecule has 4 aliphatic rings. The number of fused-ring (bicyclic) bond motifs is 5. The van der Waals surface area contributed by atoms with Gasteiger partial charge in [-0.25, -0.2) is 4.39 Å². The van der Waals surface area contributed by atoms with Crippen LogP contribution in [0.4, 0.5) is 4.39 Å². The maximum absolute atomic E-state index is 14.0. The molecule has 8 heteroatoms. The van der Waals surface area contributed by atoms with E-state index in [1.54, 1.807) is 31.2 Å². The van der Waals surface area contributed by atoms with Crippen LogP contribution >= 0.6 is 0 Å². The average molecular weight is 605 g/mol. The van der Waals surface area contributed by atoms with E-state index < -0.39 is 47.2 Å². The van der Waals surface area contributed by atoms with E-state index >= 15 is 0 Å². The number of rotatable bonds is 5. The predicted octanol–water partition coefficient (Wildman–Crippen LogP) is 5.24. The minimum atomic E-state index is -1.56. The zero-order valence-corrected chi connectivity index (χ0v) is 25.4. The first-order valence-corrected chi connectivity index (χ1v) is 15.3. The second kappa shape index (κ2) is 11.8. The van der Waals surface area contributed by atoms with Crippen LogP contribution in [0.5, 0.6) is 0 Å². The lowest BCUT2D eigenvalue weighted by Gasteiger charge is -2.59. The smallest absolute Gasteiger partial charge is 0.310 e. The summed E-state index contributed by atoms with van der Waals surface area (Å²) in [6.07, 6.45) is 7.68. The number of aliphatic hydroxyl groups excluding tert-OH is 2. The van der Waals surface area contributed by atoms with Crippen LogP contribution in [0.2, 0.25) is 0 Å². The molecule has 0 aromatic heterocycles. The first-order chi connectivity index (χ1) is 20.8. The molecule has 0 aliphatic heterocycles. The Morgan fingerprint density at radius 1 is 1.09 bits per heavy atom. The molecule has 8 atom stereocenters. The standard InChI is InChI=1S/C21H28O5.C15H13FO2/c1-19-7-5-13(23)9-12(19)3-4-14-15-6-8-21(26,17(25)11-22)20(15,2)10-16(24)18(14)19;1-10(15(17)18)12-7-8-13(14(16)9-12)11-5-3-2-4-6-11/h5,7,9,14-16,18,22,24,26H,3-4,6,8,10-11H2,1-2H3;2-10H,1H3,(H,17,18)/t14-,15-,16-,18+,19-,20-,21-;10-/m01/s1. The van der Waals surface area contributed by atoms with E-state index in [0.29, 0.717) is 24.0 Å². The number of carbonyl (C=O) groups excluding carboxylic acids is 2. The minimum absolute atomic E-state index is 0.00912. The molecule has 3 saturated carbocycles. The van der Waals surface area contributed by atoms with E-state index in [1.807, 2.05) is 43.3 Å². The fourth-order valence-electron chi connectivity index (χ4n) is 8.71. The summed E-state index contributed by atoms with van der Waals surface area (Å²) in [5.74, 6) is -2.28. The van der Waals surface area contributed by atoms with Crippen molar-refractivity contribution < 1.29 is 39.2 Å². The van der Waals surface area contributed by atoms with E-state index in [-0.39, 0.29) is 29.0 Å². The molecule has 7 nitrogen and oxygen atoms in total. The van der Waals surface area contributed by atoms with Gasteiger partial charge in [-0.1, -0.05) is 68.0 Å². The van der Waals surface area contributed by atoms with Gasteiger partial charge in [0.1, 0.15) is 18.0 Å². The summed E-state index contributed by atoms with van der Waals surface area (Å²) >= 11 is 0. The fraction of sp³-hybridized carbons (Fsp3) is 0.472. The SMILES string of the molecule is C[C@@H](C(=O)O)c1ccc(-c2ccccc2)c(F)c1.C[C@]12C=CC(=O)C=C1CC[C@@H]1[C@@H]2[C@@H](O)C[C@@]2(C)[C@H]1CC[C@]2(O)C(=O)CO. The monoisotopic (exact) mass is 604 g/mol. The number of ketones is 2. The van der Waals surface area contributed by atoms with Crippen molar-refractivity contribution in [1.29, 1.82) is 0 Å². The summed E-state index contributed by atoms with van der Waals surface area (Å²) < 4.78 is 14.0. The van der Waals surface area contributed by atoms with Crippen molar-refractivity contribution in [1.82, 2.24) is 0 Å². The van der Waals surface area contributed by atoms with E-state index in [1.165, 1.54) is 6.07 Å². The molecule has 3 fully saturated rings. The number of carboxylic acid groups (broad SMARTS) is 1. The van der Waals surface area contributed by atoms with Crippen molar-refractivity contribution in [3.63, 3.8) is 0 Å². The van der Waals surface area contributed by atoms with Gasteiger partial charge in [-0.05, 0) is 80.2 Å². The molecule has 4 aliphatic carbocycles. The average Bonchev–Trinajstić information content (AvgIpc) is 3.27. The van der Waals surface area contributed by atoms with Crippen molar-refractivity contribution in [2.75, 3.05) is 6.61 Å². The van der Waals surface area contributed by atoms with Crippen molar-refractivity contribution in [2.24, 2.45) is 28.6 Å². The number of allylic oxidation sites excluding steroid dienone is 4. The Kier molecular flexibility index (Phi) is 8.57. The van der Waals surface area contributed by atoms with Gasteiger partial charge in [-0.2, -0.15) is 0 Å². The molecule has 0 radical (unpaired) electrons. The number of carbonyl (C=O) groups is 3. The number of hydrogen-bond donors (Lipinski definition) is 4. The van der Waals surface area contributed by atoms with Gasteiger partial charge in [0.05, 0.1) is 12.0 Å². The number of aliphatic carboxylic acids is 1. The second-order valence-electron chi connectivity index (χ2n) is 13.4. The molecule has 0 amide bonds. The zero-order valence-electron chi connectivity index (χ0n) is 25.4. The van der Waals surface area contributed by atoms with Crippen molar-refractivity contribution in [2.45, 2.75) is 70.5 Å². The Bertz CT molecular complexity index is 1520. The highest BCUT2D eigenvalue weighted by molar-refractivity contribution is 6.01. The maximum atomic E-state index is 14.0. The first kappa shape index (κ1) is 31.9. The molecule has 2 aromatic carbocycles. The van der Waals surface area contributed by atoms with Crippen molar-refractivity contribution in [3.05, 3.63) is 83.7 Å². The van der Waals surface area contributed by atoms with Crippen LogP contribution in [-0.2, 0) is 14.4 Å². The minimum Gasteiger partial charge on any atom is -0.481 e. The van der Waals surface area contributed by atoms with Gasteiger partial charge in [0.15, 0.2) is 11.6 Å². The van der Waals surface area contributed by atoms with Gasteiger partial charge >= 0.3 is 5.97 Å². The summed E-state index contributed by atoms with van der Waals surface area (Å²) in [5, 5.41) is 40.6. The van der Waals surface area contributed by atoms with E-state index in [9.17, 15) is 34.1 Å². The Morgan fingerprint density at radius 3 is 2.43 bits per heavy atom. The molecule has 0 bridgehead atoms. The highest BCUT2D eigenvalue weighted by Crippen LogP contribution is 2.67. The number of benzene rings is 2. The summed E-state index contributed by atoms with van der Waals surface area (Å²) in [6.45, 7) is 4.88. The van der Waals surface area contributed by atoms with Gasteiger partial charge in [-0.15, -0.1) is 0 Å². The molecule has 0 saturated heterocycles. The summed E-state index contributed by atoms with van der Waals surface area (Å²) in [6, 6.07) is 13.7. The molecule has 0 unspecified atom stereocenters. The third-order valence-electron chi connectivity index (χ3n) is 11.2. The van der Waals surface area contributed by atoms with Gasteiger partial charge in [0.25, 0.3) is 0 Å². The zero-order chi connectivity index (χ0) is 32.0. The number of Topliss-reactive ketones (excluding diaryl/α,β-unsaturated/α-hetero) is 1. The topological polar surface area (TPSA) is 132 Å². The lowest BCUT2D eigenvalue weighted by Crippen LogP contribution is -2.61. The van der Waals surface area contributed by atoms with Crippen molar-refractivity contribution >= 4 is 17.5 Å². The second-order valence-corrected chi connectivity index (χ2v) is 13.4. The molecule has 2 aromatic rings. The Labute approximate surface area is 257 Å². The maximum Gasteiger partial charge on any atom is 0.310 e. The highest BCUT2D eigenvalue weighted by atomic mass is 19.1. The van der Waals surface area contributed by atoms with Crippen LogP contribution < -0.4 is 0 Å². The Balaban J connectivity index is 0.000000187. The molecule has 0 spiro atoms. The van der Waals surface area contributed by atoms with Crippen LogP contribution in [0.3, 0.4) is 0 Å². The Morgan fingerprint density at radius 2 is 1.80 bits per heavy atom. The van der Waals surface area contributed by atoms with Gasteiger partial charge in [-0.3, -0.25) is 14.4 Å². The third kappa shape index (κ3) is 5.17. The van der Waals surface area contributed by atoms with E-state index in [2.05, 4.69) is 6.92 Å². The van der Waals surface area contributed by atoms with Gasteiger partial charge in [0.2, 0.25) is 0 Å². The van der Waals surface area contributed by atoms with Crippen LogP contribution in [0.1, 0.15) is 64.4 Å². The summed E-state index contributed by atoms with van der Waals surface area (Å²) in [5.41, 5.74) is 0.196. The Hall–Kier alpha value is -3.46. The first-order valence-electron chi connectivity index (χ1n) is 15.3. The third-order valence-corrected chi connectivity index (χ3v) is 11.2. The summed E-state index contributed by atoms with van der Waals surface area (Å²) in [4.78, 5) is 35.0. The van der Waals surface area contributed by atoms with Gasteiger partial charge in [0, 0.05) is 22.3 Å². The molecular weight excluding hydrogens is 563 g/mol. The number of aliphatic hydroxyl groups is 3. The molecule has 6 rings (SSSR count). The van der Waals surface area contributed by atoms with Crippen LogP contribution in [0, 0.1) is 34.4 Å². The van der Waals surface area contributed by atoms with Crippen molar-refractivity contribution in [3.8, 4) is 11.1 Å². The van der Waals surface area contributed by atoms with E-state index in [0.717, 1.165) is 30.4 Å². The van der Waals surface area contributed by atoms with Crippen LogP contribution in [-0.4, -0.2) is 56.3 Å². The normalized spacial score (nSPS) is 34.4. The largest absolute Gasteiger partial charge is 0.481 e. The molecule has 0 heterocycles. The van der Waals surface area contributed by atoms with Crippen LogP contribution in [0.15, 0.2) is 72.3 Å². The molecular formula is C36H41FO7. The van der Waals surface area contributed by atoms with Crippen LogP contribution in [0.25, 0.3) is 11.1 Å². The lowest BCUT2D eigenvalue weighted by atomic mass is 9.46. The molecule has 4 N–H and O–H groups in total.